The summed E-state index contributed by atoms with van der Waals surface area (Å²) in [5.41, 5.74) is 2.27. The Hall–Kier alpha value is -4.77. The first-order valence-electron chi connectivity index (χ1n) is 9.90. The maximum absolute atomic E-state index is 14.7. The molecule has 37 heavy (non-hydrogen) atoms. The van der Waals surface area contributed by atoms with E-state index in [9.17, 15) is 26.7 Å². The predicted octanol–water partition coefficient (Wildman–Crippen LogP) is 5.11. The number of nitrogens with zero attached hydrogens (tertiary/aromatic N) is 5. The van der Waals surface area contributed by atoms with Gasteiger partial charge in [-0.1, -0.05) is 11.6 Å². The number of pyridine rings is 2. The molecule has 0 fully saturated rings. The van der Waals surface area contributed by atoms with Crippen LogP contribution in [0.4, 0.5) is 33.5 Å². The number of hydrogen-bond acceptors (Lipinski definition) is 7. The average Bonchev–Trinajstić information content (AvgIpc) is 3.28. The number of alkyl halides is 3. The first-order chi connectivity index (χ1) is 17.5. The Kier molecular flexibility index (Phi) is 6.64. The summed E-state index contributed by atoms with van der Waals surface area (Å²) in [7, 11) is 0. The molecular formula is C22H11ClF5N7O2. The van der Waals surface area contributed by atoms with Crippen LogP contribution in [0.15, 0.2) is 48.9 Å². The van der Waals surface area contributed by atoms with Crippen molar-refractivity contribution in [2.75, 3.05) is 11.1 Å². The number of ether oxygens (including phenoxy) is 1. The number of hydrogen-bond donors (Lipinski definition) is 2. The van der Waals surface area contributed by atoms with Crippen LogP contribution in [0.25, 0.3) is 5.82 Å². The zero-order valence-corrected chi connectivity index (χ0v) is 18.8. The molecule has 0 saturated heterocycles. The molecule has 3 N–H and O–H groups in total. The molecule has 3 heterocycles. The van der Waals surface area contributed by atoms with Gasteiger partial charge in [0.2, 0.25) is 0 Å². The van der Waals surface area contributed by atoms with E-state index < -0.39 is 46.4 Å². The number of aromatic nitrogens is 4. The van der Waals surface area contributed by atoms with Crippen LogP contribution in [0, 0.1) is 23.0 Å². The van der Waals surface area contributed by atoms with Crippen LogP contribution < -0.4 is 15.8 Å². The molecule has 0 spiro atoms. The number of anilines is 2. The van der Waals surface area contributed by atoms with Crippen LogP contribution >= 0.6 is 11.6 Å². The van der Waals surface area contributed by atoms with E-state index in [4.69, 9.17) is 27.3 Å². The summed E-state index contributed by atoms with van der Waals surface area (Å²) >= 11 is 5.92. The molecule has 4 rings (SSSR count). The lowest BCUT2D eigenvalue weighted by Crippen LogP contribution is -2.21. The van der Waals surface area contributed by atoms with Crippen molar-refractivity contribution in [1.29, 1.82) is 5.26 Å². The minimum atomic E-state index is -5.08. The Morgan fingerprint density at radius 1 is 1.16 bits per heavy atom. The van der Waals surface area contributed by atoms with Crippen molar-refractivity contribution in [3.63, 3.8) is 0 Å². The molecule has 188 valence electrons. The summed E-state index contributed by atoms with van der Waals surface area (Å²) in [5, 5.41) is 14.6. The lowest BCUT2D eigenvalue weighted by Gasteiger charge is -2.14. The van der Waals surface area contributed by atoms with Gasteiger partial charge in [0, 0.05) is 36.3 Å². The molecule has 0 atom stereocenters. The van der Waals surface area contributed by atoms with E-state index >= 15 is 0 Å². The monoisotopic (exact) mass is 535 g/mol. The molecule has 0 aliphatic heterocycles. The van der Waals surface area contributed by atoms with E-state index in [0.29, 0.717) is 23.0 Å². The Morgan fingerprint density at radius 3 is 2.49 bits per heavy atom. The molecule has 1 amide bonds. The molecule has 0 aliphatic carbocycles. The SMILES string of the molecule is N#Cc1c(Oc2c(F)cc(NC(=O)c3cnn(-c4ncccc4Cl)c3C(F)(F)F)cc2F)ccnc1N. The van der Waals surface area contributed by atoms with Crippen LogP contribution in [-0.4, -0.2) is 25.7 Å². The third-order valence-corrected chi connectivity index (χ3v) is 5.04. The summed E-state index contributed by atoms with van der Waals surface area (Å²) in [6.07, 6.45) is -2.14. The number of nitrogens with two attached hydrogens (primary N) is 1. The minimum absolute atomic E-state index is 0.168. The lowest BCUT2D eigenvalue weighted by atomic mass is 10.2. The highest BCUT2D eigenvalue weighted by Crippen LogP contribution is 2.36. The molecule has 0 bridgehead atoms. The third kappa shape index (κ3) is 4.98. The van der Waals surface area contributed by atoms with Gasteiger partial charge in [-0.15, -0.1) is 0 Å². The molecule has 3 aromatic heterocycles. The zero-order valence-electron chi connectivity index (χ0n) is 18.0. The van der Waals surface area contributed by atoms with Crippen LogP contribution in [-0.2, 0) is 6.18 Å². The Labute approximate surface area is 208 Å². The number of amides is 1. The Morgan fingerprint density at radius 2 is 1.86 bits per heavy atom. The topological polar surface area (TPSA) is 132 Å². The highest BCUT2D eigenvalue weighted by Gasteiger charge is 2.41. The minimum Gasteiger partial charge on any atom is -0.450 e. The highest BCUT2D eigenvalue weighted by atomic mass is 35.5. The fourth-order valence-electron chi connectivity index (χ4n) is 3.18. The molecule has 0 unspecified atom stereocenters. The van der Waals surface area contributed by atoms with Gasteiger partial charge in [0.1, 0.15) is 17.5 Å². The number of benzene rings is 1. The number of halogens is 6. The fraction of sp³-hybridized carbons (Fsp3) is 0.0455. The first-order valence-corrected chi connectivity index (χ1v) is 10.3. The van der Waals surface area contributed by atoms with Crippen molar-refractivity contribution < 1.29 is 31.5 Å². The van der Waals surface area contributed by atoms with E-state index in [2.05, 4.69) is 15.1 Å². The van der Waals surface area contributed by atoms with Crippen molar-refractivity contribution in [3.8, 4) is 23.4 Å². The van der Waals surface area contributed by atoms with Crippen molar-refractivity contribution in [2.24, 2.45) is 0 Å². The quantitative estimate of drug-likeness (QED) is 0.339. The second-order valence-corrected chi connectivity index (χ2v) is 7.54. The number of nitrogens with one attached hydrogen (secondary N) is 1. The van der Waals surface area contributed by atoms with Gasteiger partial charge in [0.05, 0.1) is 16.8 Å². The van der Waals surface area contributed by atoms with Crippen molar-refractivity contribution in [1.82, 2.24) is 19.7 Å². The van der Waals surface area contributed by atoms with E-state index in [1.165, 1.54) is 18.3 Å². The molecule has 15 heteroatoms. The maximum atomic E-state index is 14.7. The molecular weight excluding hydrogens is 525 g/mol. The first kappa shape index (κ1) is 25.3. The predicted molar refractivity (Wildman–Crippen MR) is 119 cm³/mol. The van der Waals surface area contributed by atoms with Gasteiger partial charge in [-0.05, 0) is 12.1 Å². The van der Waals surface area contributed by atoms with Gasteiger partial charge >= 0.3 is 6.18 Å². The summed E-state index contributed by atoms with van der Waals surface area (Å²) in [6.45, 7) is 0. The fourth-order valence-corrected chi connectivity index (χ4v) is 3.38. The van der Waals surface area contributed by atoms with Crippen LogP contribution in [0.2, 0.25) is 5.02 Å². The van der Waals surface area contributed by atoms with E-state index in [-0.39, 0.29) is 28.0 Å². The molecule has 0 radical (unpaired) electrons. The largest absolute Gasteiger partial charge is 0.450 e. The Balaban J connectivity index is 1.66. The smallest absolute Gasteiger partial charge is 0.434 e. The van der Waals surface area contributed by atoms with E-state index in [1.807, 2.05) is 5.32 Å². The highest BCUT2D eigenvalue weighted by molar-refractivity contribution is 6.32. The van der Waals surface area contributed by atoms with Gasteiger partial charge in [0.15, 0.2) is 34.6 Å². The molecule has 0 saturated carbocycles. The summed E-state index contributed by atoms with van der Waals surface area (Å²) < 4.78 is 76.3. The number of rotatable bonds is 5. The number of carbonyl (C=O) groups is 1. The molecule has 1 aromatic carbocycles. The van der Waals surface area contributed by atoms with Gasteiger partial charge in [-0.3, -0.25) is 4.79 Å². The van der Waals surface area contributed by atoms with Crippen LogP contribution in [0.3, 0.4) is 0 Å². The van der Waals surface area contributed by atoms with Gasteiger partial charge in [-0.25, -0.2) is 23.4 Å². The summed E-state index contributed by atoms with van der Waals surface area (Å²) in [5.74, 6) is -5.90. The second kappa shape index (κ2) is 9.70. The normalized spacial score (nSPS) is 11.2. The van der Waals surface area contributed by atoms with Crippen molar-refractivity contribution in [2.45, 2.75) is 6.18 Å². The van der Waals surface area contributed by atoms with Crippen LogP contribution in [0.1, 0.15) is 21.6 Å². The molecule has 9 nitrogen and oxygen atoms in total. The summed E-state index contributed by atoms with van der Waals surface area (Å²) in [6, 6.07) is 6.72. The standard InChI is InChI=1S/C22H11ClF5N7O2/c23-13-2-1-4-32-20(13)35-18(22(26,27)28)12(9-33-35)21(36)34-10-6-14(24)17(15(25)7-10)37-16-3-5-31-19(30)11(16)8-29/h1-7,9H,(H2,30,31)(H,34,36). The van der Waals surface area contributed by atoms with Gasteiger partial charge in [0.25, 0.3) is 5.91 Å². The zero-order chi connectivity index (χ0) is 26.9. The van der Waals surface area contributed by atoms with Crippen molar-refractivity contribution >= 4 is 29.0 Å². The average molecular weight is 536 g/mol. The van der Waals surface area contributed by atoms with E-state index in [0.717, 1.165) is 12.3 Å². The summed E-state index contributed by atoms with van der Waals surface area (Å²) in [4.78, 5) is 20.1. The number of nitriles is 1. The van der Waals surface area contributed by atoms with Crippen molar-refractivity contribution in [3.05, 3.63) is 82.4 Å². The molecule has 4 aromatic rings. The van der Waals surface area contributed by atoms with Crippen LogP contribution in [0.5, 0.6) is 11.5 Å². The van der Waals surface area contributed by atoms with Gasteiger partial charge in [-0.2, -0.15) is 23.5 Å². The molecule has 0 aliphatic rings. The van der Waals surface area contributed by atoms with E-state index in [1.54, 1.807) is 6.07 Å². The maximum Gasteiger partial charge on any atom is 0.434 e. The lowest BCUT2D eigenvalue weighted by molar-refractivity contribution is -0.143. The van der Waals surface area contributed by atoms with Gasteiger partial charge < -0.3 is 15.8 Å². The third-order valence-electron chi connectivity index (χ3n) is 4.74. The Bertz CT molecular complexity index is 1540. The number of nitrogen functional groups attached to an aromatic ring is 1. The second-order valence-electron chi connectivity index (χ2n) is 7.13. The number of carbonyl (C=O) groups excluding carboxylic acids is 1.